The Morgan fingerprint density at radius 1 is 1.18 bits per heavy atom. The van der Waals surface area contributed by atoms with E-state index >= 15 is 0 Å². The molecule has 0 saturated heterocycles. The van der Waals surface area contributed by atoms with E-state index in [0.717, 1.165) is 34.7 Å². The predicted octanol–water partition coefficient (Wildman–Crippen LogP) is 4.25. The van der Waals surface area contributed by atoms with E-state index in [0.29, 0.717) is 27.2 Å². The number of hydrogen-bond acceptors (Lipinski definition) is 7. The highest BCUT2D eigenvalue weighted by Crippen LogP contribution is 2.33. The number of benzene rings is 2. The van der Waals surface area contributed by atoms with E-state index in [1.807, 2.05) is 32.0 Å². The molecule has 1 N–H and O–H groups in total. The van der Waals surface area contributed by atoms with Crippen molar-refractivity contribution in [3.8, 4) is 17.2 Å². The number of nitrogens with zero attached hydrogens (tertiary/aromatic N) is 2. The number of carbonyl (C=O) groups is 1. The van der Waals surface area contributed by atoms with Gasteiger partial charge in [0.15, 0.2) is 16.7 Å². The number of amides is 1. The van der Waals surface area contributed by atoms with E-state index in [2.05, 4.69) is 5.32 Å². The molecule has 9 heteroatoms. The Kier molecular flexibility index (Phi) is 6.99. The van der Waals surface area contributed by atoms with Crippen LogP contribution in [-0.2, 0) is 11.2 Å². The van der Waals surface area contributed by atoms with Crippen LogP contribution in [-0.4, -0.2) is 41.2 Å². The van der Waals surface area contributed by atoms with Gasteiger partial charge in [-0.05, 0) is 43.2 Å². The van der Waals surface area contributed by atoms with Crippen molar-refractivity contribution in [2.24, 2.45) is 0 Å². The molecule has 0 radical (unpaired) electrons. The molecular formula is C24H25N3O4S2. The van der Waals surface area contributed by atoms with Crippen molar-refractivity contribution >= 4 is 35.1 Å². The summed E-state index contributed by atoms with van der Waals surface area (Å²) in [6.45, 7) is 3.99. The van der Waals surface area contributed by atoms with Crippen LogP contribution in [0, 0.1) is 13.8 Å². The van der Waals surface area contributed by atoms with Gasteiger partial charge in [0.2, 0.25) is 5.91 Å². The van der Waals surface area contributed by atoms with Gasteiger partial charge in [0.05, 0.1) is 36.2 Å². The smallest absolute Gasteiger partial charge is 0.272 e. The van der Waals surface area contributed by atoms with Gasteiger partial charge in [0, 0.05) is 23.9 Å². The zero-order chi connectivity index (χ0) is 23.5. The van der Waals surface area contributed by atoms with Crippen molar-refractivity contribution in [1.82, 2.24) is 9.55 Å². The molecule has 0 atom stereocenters. The number of fused-ring (bicyclic) bond motifs is 1. The summed E-state index contributed by atoms with van der Waals surface area (Å²) in [5, 5.41) is 3.44. The molecule has 3 aromatic rings. The molecule has 2 aromatic carbocycles. The van der Waals surface area contributed by atoms with E-state index in [1.165, 1.54) is 23.5 Å². The zero-order valence-corrected chi connectivity index (χ0v) is 20.6. The highest BCUT2D eigenvalue weighted by atomic mass is 32.2. The summed E-state index contributed by atoms with van der Waals surface area (Å²) in [5.41, 5.74) is 4.20. The average molecular weight is 484 g/mol. The minimum atomic E-state index is -0.156. The summed E-state index contributed by atoms with van der Waals surface area (Å²) in [7, 11) is 3.11. The van der Waals surface area contributed by atoms with Crippen molar-refractivity contribution in [2.45, 2.75) is 30.3 Å². The van der Waals surface area contributed by atoms with Crippen LogP contribution in [0.25, 0.3) is 5.69 Å². The molecule has 1 aliphatic heterocycles. The normalized spacial score (nSPS) is 12.4. The molecule has 2 heterocycles. The molecular weight excluding hydrogens is 458 g/mol. The molecule has 172 valence electrons. The highest BCUT2D eigenvalue weighted by molar-refractivity contribution is 8.00. The minimum absolute atomic E-state index is 0.124. The molecule has 1 aromatic heterocycles. The Morgan fingerprint density at radius 3 is 2.73 bits per heavy atom. The molecule has 1 amide bonds. The van der Waals surface area contributed by atoms with Crippen molar-refractivity contribution in [3.05, 3.63) is 63.6 Å². The second kappa shape index (κ2) is 9.93. The fourth-order valence-corrected chi connectivity index (χ4v) is 5.44. The Hall–Kier alpha value is -2.91. The fraction of sp³-hybridized carbons (Fsp3) is 0.292. The van der Waals surface area contributed by atoms with Crippen LogP contribution in [0.2, 0.25) is 0 Å². The maximum absolute atomic E-state index is 13.4. The first-order valence-electron chi connectivity index (χ1n) is 10.4. The Bertz CT molecular complexity index is 1270. The van der Waals surface area contributed by atoms with Crippen LogP contribution in [0.3, 0.4) is 0 Å². The largest absolute Gasteiger partial charge is 0.493 e. The SMILES string of the molecule is COc1ccc(-n2c(SCC(=O)Nc3cccc(C)c3C)nc3c(c2=O)SCC3)cc1OC. The topological polar surface area (TPSA) is 82.5 Å². The number of thioether (sulfide) groups is 2. The molecule has 0 fully saturated rings. The van der Waals surface area contributed by atoms with Gasteiger partial charge in [0.25, 0.3) is 5.56 Å². The first-order chi connectivity index (χ1) is 15.9. The van der Waals surface area contributed by atoms with Gasteiger partial charge in [-0.25, -0.2) is 4.98 Å². The van der Waals surface area contributed by atoms with Gasteiger partial charge in [-0.15, -0.1) is 11.8 Å². The maximum Gasteiger partial charge on any atom is 0.272 e. The highest BCUT2D eigenvalue weighted by Gasteiger charge is 2.23. The second-order valence-electron chi connectivity index (χ2n) is 7.53. The van der Waals surface area contributed by atoms with Gasteiger partial charge in [-0.1, -0.05) is 23.9 Å². The summed E-state index contributed by atoms with van der Waals surface area (Å²) in [6.07, 6.45) is 0.740. The first kappa shape index (κ1) is 23.3. The second-order valence-corrected chi connectivity index (χ2v) is 9.58. The third kappa shape index (κ3) is 4.74. The van der Waals surface area contributed by atoms with Gasteiger partial charge < -0.3 is 14.8 Å². The molecule has 0 bridgehead atoms. The maximum atomic E-state index is 13.4. The minimum Gasteiger partial charge on any atom is -0.493 e. The van der Waals surface area contributed by atoms with Crippen molar-refractivity contribution < 1.29 is 14.3 Å². The number of anilines is 1. The number of aromatic nitrogens is 2. The number of hydrogen-bond donors (Lipinski definition) is 1. The summed E-state index contributed by atoms with van der Waals surface area (Å²) in [6, 6.07) is 11.1. The van der Waals surface area contributed by atoms with Crippen molar-refractivity contribution in [3.63, 3.8) is 0 Å². The van der Waals surface area contributed by atoms with Crippen LogP contribution in [0.4, 0.5) is 5.69 Å². The lowest BCUT2D eigenvalue weighted by molar-refractivity contribution is -0.113. The predicted molar refractivity (Wildman–Crippen MR) is 133 cm³/mol. The Labute approximate surface area is 200 Å². The molecule has 0 saturated carbocycles. The number of aryl methyl sites for hydroxylation is 2. The van der Waals surface area contributed by atoms with Crippen LogP contribution >= 0.6 is 23.5 Å². The van der Waals surface area contributed by atoms with Crippen LogP contribution in [0.5, 0.6) is 11.5 Å². The lowest BCUT2D eigenvalue weighted by atomic mass is 10.1. The monoisotopic (exact) mass is 483 g/mol. The van der Waals surface area contributed by atoms with E-state index in [9.17, 15) is 9.59 Å². The standard InChI is InChI=1S/C24H25N3O4S2/c1-14-6-5-7-17(15(14)2)25-21(28)13-33-24-26-18-10-11-32-22(18)23(29)27(24)16-8-9-19(30-3)20(12-16)31-4/h5-9,12H,10-11,13H2,1-4H3,(H,25,28). The third-order valence-electron chi connectivity index (χ3n) is 5.50. The van der Waals surface area contributed by atoms with Crippen LogP contribution in [0.15, 0.2) is 51.2 Å². The van der Waals surface area contributed by atoms with Crippen molar-refractivity contribution in [1.29, 1.82) is 0 Å². The van der Waals surface area contributed by atoms with Crippen molar-refractivity contribution in [2.75, 3.05) is 31.0 Å². The average Bonchev–Trinajstić information content (AvgIpc) is 3.29. The molecule has 4 rings (SSSR count). The lowest BCUT2D eigenvalue weighted by Gasteiger charge is -2.16. The summed E-state index contributed by atoms with van der Waals surface area (Å²) in [4.78, 5) is 31.5. The number of rotatable bonds is 7. The van der Waals surface area contributed by atoms with E-state index < -0.39 is 0 Å². The molecule has 0 spiro atoms. The molecule has 33 heavy (non-hydrogen) atoms. The van der Waals surface area contributed by atoms with Gasteiger partial charge in [-0.3, -0.25) is 14.2 Å². The van der Waals surface area contributed by atoms with Gasteiger partial charge >= 0.3 is 0 Å². The quantitative estimate of drug-likeness (QED) is 0.397. The molecule has 1 aliphatic rings. The number of ether oxygens (including phenoxy) is 2. The first-order valence-corrected chi connectivity index (χ1v) is 12.4. The molecule has 0 aliphatic carbocycles. The van der Waals surface area contributed by atoms with Gasteiger partial charge in [0.1, 0.15) is 0 Å². The third-order valence-corrected chi connectivity index (χ3v) is 7.55. The summed E-state index contributed by atoms with van der Waals surface area (Å²) in [5.74, 6) is 1.87. The van der Waals surface area contributed by atoms with Crippen LogP contribution < -0.4 is 20.3 Å². The summed E-state index contributed by atoms with van der Waals surface area (Å²) >= 11 is 2.76. The fourth-order valence-electron chi connectivity index (χ4n) is 3.58. The van der Waals surface area contributed by atoms with Gasteiger partial charge in [-0.2, -0.15) is 0 Å². The lowest BCUT2D eigenvalue weighted by Crippen LogP contribution is -2.24. The Balaban J connectivity index is 1.66. The van der Waals surface area contributed by atoms with E-state index in [1.54, 1.807) is 37.0 Å². The van der Waals surface area contributed by atoms with E-state index in [-0.39, 0.29) is 17.2 Å². The van der Waals surface area contributed by atoms with Crippen LogP contribution in [0.1, 0.15) is 16.8 Å². The number of nitrogens with one attached hydrogen (secondary N) is 1. The molecule has 0 unspecified atom stereocenters. The molecule has 7 nitrogen and oxygen atoms in total. The number of carbonyl (C=O) groups excluding carboxylic acids is 1. The Morgan fingerprint density at radius 2 is 1.97 bits per heavy atom. The van der Waals surface area contributed by atoms with E-state index in [4.69, 9.17) is 14.5 Å². The number of methoxy groups -OCH3 is 2. The summed E-state index contributed by atoms with van der Waals surface area (Å²) < 4.78 is 12.3. The zero-order valence-electron chi connectivity index (χ0n) is 18.9.